The minimum absolute atomic E-state index is 0.0659. The molecule has 3 heterocycles. The molecule has 1 N–H and O–H groups in total. The molecule has 2 aromatic carbocycles. The maximum atomic E-state index is 13.5. The van der Waals surface area contributed by atoms with Crippen LogP contribution in [0.5, 0.6) is 0 Å². The summed E-state index contributed by atoms with van der Waals surface area (Å²) in [4.78, 5) is 48.0. The molecule has 1 aliphatic rings. The molecule has 1 aliphatic heterocycles. The highest BCUT2D eigenvalue weighted by Crippen LogP contribution is 2.28. The van der Waals surface area contributed by atoms with Crippen LogP contribution in [0.1, 0.15) is 50.5 Å². The highest BCUT2D eigenvalue weighted by atomic mass is 19.1. The second-order valence-electron chi connectivity index (χ2n) is 9.87. The zero-order chi connectivity index (χ0) is 26.1. The van der Waals surface area contributed by atoms with E-state index in [1.165, 1.54) is 18.3 Å². The Hall–Kier alpha value is -4.07. The van der Waals surface area contributed by atoms with Crippen molar-refractivity contribution in [1.82, 2.24) is 19.4 Å². The van der Waals surface area contributed by atoms with Gasteiger partial charge in [-0.15, -0.1) is 0 Å². The topological polar surface area (TPSA) is 88.1 Å². The average Bonchev–Trinajstić information content (AvgIpc) is 3.52. The molecule has 0 atom stereocenters. The Bertz CT molecular complexity index is 1460. The number of aryl methyl sites for hydroxylation is 2. The Balaban J connectivity index is 1.33. The van der Waals surface area contributed by atoms with E-state index in [2.05, 4.69) is 9.97 Å². The highest BCUT2D eigenvalue weighted by molar-refractivity contribution is 6.46. The lowest BCUT2D eigenvalue weighted by atomic mass is 9.89. The maximum absolute atomic E-state index is 13.5. The number of ketones is 2. The quantitative estimate of drug-likeness (QED) is 0.300. The summed E-state index contributed by atoms with van der Waals surface area (Å²) in [7, 11) is 1.82. The molecule has 190 valence electrons. The lowest BCUT2D eigenvalue weighted by Crippen LogP contribution is -2.39. The number of halogens is 1. The standard InChI is InChI=1S/C29H29FN4O3/c1-18-13-25-23(24(17-33(25)2)28(36)26(35)16-27-31-9-10-32-27)15-22(18)29(37)34-11-7-20(8-12-34)14-19-3-5-21(30)6-4-19/h3-6,9-10,13,15,17,20H,7-8,11-12,14,16H2,1-2H3,(H,31,32). The summed E-state index contributed by atoms with van der Waals surface area (Å²) in [5, 5.41) is 0.598. The molecule has 0 radical (unpaired) electrons. The second kappa shape index (κ2) is 10.1. The van der Waals surface area contributed by atoms with E-state index in [-0.39, 0.29) is 18.1 Å². The minimum Gasteiger partial charge on any atom is -0.350 e. The van der Waals surface area contributed by atoms with E-state index in [0.717, 1.165) is 35.9 Å². The number of piperidine rings is 1. The third kappa shape index (κ3) is 5.09. The van der Waals surface area contributed by atoms with E-state index in [1.54, 1.807) is 18.5 Å². The number of carbonyl (C=O) groups is 3. The van der Waals surface area contributed by atoms with Crippen molar-refractivity contribution in [1.29, 1.82) is 0 Å². The average molecular weight is 501 g/mol. The summed E-state index contributed by atoms with van der Waals surface area (Å²) in [6.45, 7) is 3.18. The zero-order valence-corrected chi connectivity index (χ0v) is 21.0. The van der Waals surface area contributed by atoms with Gasteiger partial charge in [-0.1, -0.05) is 12.1 Å². The van der Waals surface area contributed by atoms with Crippen molar-refractivity contribution in [3.05, 3.63) is 88.9 Å². The van der Waals surface area contributed by atoms with Gasteiger partial charge in [-0.2, -0.15) is 0 Å². The first-order valence-corrected chi connectivity index (χ1v) is 12.5. The normalized spacial score (nSPS) is 14.3. The molecule has 1 saturated heterocycles. The Kier molecular flexibility index (Phi) is 6.74. The Morgan fingerprint density at radius 3 is 2.49 bits per heavy atom. The van der Waals surface area contributed by atoms with Crippen LogP contribution in [0.15, 0.2) is 55.0 Å². The van der Waals surface area contributed by atoms with Crippen LogP contribution in [0.25, 0.3) is 10.9 Å². The molecule has 7 nitrogen and oxygen atoms in total. The lowest BCUT2D eigenvalue weighted by Gasteiger charge is -2.32. The number of benzene rings is 2. The molecule has 0 bridgehead atoms. The monoisotopic (exact) mass is 500 g/mol. The predicted octanol–water partition coefficient (Wildman–Crippen LogP) is 4.44. The number of rotatable bonds is 7. The fourth-order valence-electron chi connectivity index (χ4n) is 5.19. The van der Waals surface area contributed by atoms with Crippen LogP contribution in [0.4, 0.5) is 4.39 Å². The number of nitrogens with zero attached hydrogens (tertiary/aromatic N) is 3. The maximum Gasteiger partial charge on any atom is 0.254 e. The molecule has 0 unspecified atom stereocenters. The number of amides is 1. The number of hydrogen-bond acceptors (Lipinski definition) is 4. The van der Waals surface area contributed by atoms with E-state index < -0.39 is 11.6 Å². The number of carbonyl (C=O) groups excluding carboxylic acids is 3. The van der Waals surface area contributed by atoms with E-state index in [0.29, 0.717) is 41.3 Å². The number of aromatic amines is 1. The van der Waals surface area contributed by atoms with Gasteiger partial charge in [-0.05, 0) is 67.5 Å². The number of likely N-dealkylation sites (tertiary alicyclic amines) is 1. The first-order valence-electron chi connectivity index (χ1n) is 12.5. The minimum atomic E-state index is -0.592. The van der Waals surface area contributed by atoms with Crippen LogP contribution in [0.2, 0.25) is 0 Å². The van der Waals surface area contributed by atoms with Crippen molar-refractivity contribution in [3.63, 3.8) is 0 Å². The highest BCUT2D eigenvalue weighted by Gasteiger charge is 2.27. The van der Waals surface area contributed by atoms with Gasteiger partial charge in [0.25, 0.3) is 5.91 Å². The van der Waals surface area contributed by atoms with E-state index >= 15 is 0 Å². The number of Topliss-reactive ketones (excluding diaryl/α,β-unsaturated/α-hetero) is 2. The fourth-order valence-corrected chi connectivity index (χ4v) is 5.19. The van der Waals surface area contributed by atoms with Crippen molar-refractivity contribution in [2.24, 2.45) is 13.0 Å². The Labute approximate surface area is 214 Å². The van der Waals surface area contributed by atoms with Gasteiger partial charge in [-0.3, -0.25) is 14.4 Å². The molecule has 4 aromatic rings. The van der Waals surface area contributed by atoms with Crippen LogP contribution >= 0.6 is 0 Å². The van der Waals surface area contributed by atoms with Gasteiger partial charge in [0.05, 0.1) is 12.0 Å². The van der Waals surface area contributed by atoms with Crippen LogP contribution in [0.3, 0.4) is 0 Å². The SMILES string of the molecule is Cc1cc2c(cc1C(=O)N1CCC(Cc3ccc(F)cc3)CC1)c(C(=O)C(=O)Cc1ncc[nH]1)cn2C. The van der Waals surface area contributed by atoms with Gasteiger partial charge >= 0.3 is 0 Å². The lowest BCUT2D eigenvalue weighted by molar-refractivity contribution is -0.114. The molecule has 0 aliphatic carbocycles. The molecule has 2 aromatic heterocycles. The molecule has 37 heavy (non-hydrogen) atoms. The molecule has 5 rings (SSSR count). The van der Waals surface area contributed by atoms with E-state index in [1.807, 2.05) is 41.6 Å². The van der Waals surface area contributed by atoms with Crippen molar-refractivity contribution >= 4 is 28.4 Å². The smallest absolute Gasteiger partial charge is 0.254 e. The number of hydrogen-bond donors (Lipinski definition) is 1. The summed E-state index contributed by atoms with van der Waals surface area (Å²) < 4.78 is 15.0. The van der Waals surface area contributed by atoms with E-state index in [4.69, 9.17) is 0 Å². The summed E-state index contributed by atoms with van der Waals surface area (Å²) >= 11 is 0. The number of H-pyrrole nitrogens is 1. The van der Waals surface area contributed by atoms with Crippen LogP contribution in [-0.4, -0.2) is 50.0 Å². The molecule has 0 saturated carbocycles. The van der Waals surface area contributed by atoms with E-state index in [9.17, 15) is 18.8 Å². The van der Waals surface area contributed by atoms with Gasteiger partial charge in [0, 0.05) is 55.2 Å². The largest absolute Gasteiger partial charge is 0.350 e. The number of nitrogens with one attached hydrogen (secondary N) is 1. The van der Waals surface area contributed by atoms with Gasteiger partial charge in [0.15, 0.2) is 0 Å². The van der Waals surface area contributed by atoms with Crippen molar-refractivity contribution in [2.75, 3.05) is 13.1 Å². The van der Waals surface area contributed by atoms with Crippen molar-refractivity contribution in [2.45, 2.75) is 32.6 Å². The van der Waals surface area contributed by atoms with Crippen molar-refractivity contribution < 1.29 is 18.8 Å². The van der Waals surface area contributed by atoms with Crippen LogP contribution in [0, 0.1) is 18.7 Å². The van der Waals surface area contributed by atoms with Crippen LogP contribution < -0.4 is 0 Å². The molecular weight excluding hydrogens is 471 g/mol. The first-order chi connectivity index (χ1) is 17.8. The second-order valence-corrected chi connectivity index (χ2v) is 9.87. The summed E-state index contributed by atoms with van der Waals surface area (Å²) in [6.07, 6.45) is 7.32. The molecule has 8 heteroatoms. The fraction of sp³-hybridized carbons (Fsp3) is 0.310. The van der Waals surface area contributed by atoms with Gasteiger partial charge in [-0.25, -0.2) is 9.37 Å². The van der Waals surface area contributed by atoms with Gasteiger partial charge in [0.2, 0.25) is 11.6 Å². The molecule has 1 fully saturated rings. The Morgan fingerprint density at radius 2 is 1.81 bits per heavy atom. The molecular formula is C29H29FN4O3. The van der Waals surface area contributed by atoms with Crippen LogP contribution in [-0.2, 0) is 24.7 Å². The summed E-state index contributed by atoms with van der Waals surface area (Å²) in [5.41, 5.74) is 3.56. The molecule has 1 amide bonds. The third-order valence-electron chi connectivity index (χ3n) is 7.29. The number of imidazole rings is 1. The number of aromatic nitrogens is 3. The van der Waals surface area contributed by atoms with Crippen molar-refractivity contribution in [3.8, 4) is 0 Å². The zero-order valence-electron chi connectivity index (χ0n) is 21.0. The first kappa shape index (κ1) is 24.6. The number of fused-ring (bicyclic) bond motifs is 1. The third-order valence-corrected chi connectivity index (χ3v) is 7.29. The van der Waals surface area contributed by atoms with Gasteiger partial charge < -0.3 is 14.5 Å². The predicted molar refractivity (Wildman–Crippen MR) is 138 cm³/mol. The summed E-state index contributed by atoms with van der Waals surface area (Å²) in [5.74, 6) is -0.569. The van der Waals surface area contributed by atoms with Gasteiger partial charge in [0.1, 0.15) is 11.6 Å². The summed E-state index contributed by atoms with van der Waals surface area (Å²) in [6, 6.07) is 10.3. The molecule has 0 spiro atoms. The Morgan fingerprint density at radius 1 is 1.08 bits per heavy atom.